The number of rotatable bonds is 10. The van der Waals surface area contributed by atoms with Gasteiger partial charge < -0.3 is 15.1 Å². The topological polar surface area (TPSA) is 52.7 Å². The molecular formula is C31H35N3O2S. The van der Waals surface area contributed by atoms with Crippen molar-refractivity contribution < 1.29 is 9.59 Å². The van der Waals surface area contributed by atoms with E-state index in [2.05, 4.69) is 38.2 Å². The van der Waals surface area contributed by atoms with Crippen LogP contribution in [0.15, 0.2) is 84.9 Å². The minimum absolute atomic E-state index is 0.0259. The van der Waals surface area contributed by atoms with Crippen molar-refractivity contribution in [3.05, 3.63) is 100 Å². The van der Waals surface area contributed by atoms with Crippen molar-refractivity contribution in [3.63, 3.8) is 0 Å². The molecule has 0 fully saturated rings. The molecule has 4 rings (SSSR count). The van der Waals surface area contributed by atoms with Crippen LogP contribution < -0.4 is 5.32 Å². The number of carbonyl (C=O) groups excluding carboxylic acids is 2. The normalized spacial score (nSPS) is 11.8. The molecule has 6 heteroatoms. The second-order valence-corrected chi connectivity index (χ2v) is 11.0. The highest BCUT2D eigenvalue weighted by Crippen LogP contribution is 2.24. The molecule has 0 saturated carbocycles. The van der Waals surface area contributed by atoms with Gasteiger partial charge in [-0.25, -0.2) is 4.79 Å². The molecule has 0 aliphatic heterocycles. The van der Waals surface area contributed by atoms with Crippen LogP contribution in [0.25, 0.3) is 10.8 Å². The number of anilines is 1. The van der Waals surface area contributed by atoms with Gasteiger partial charge in [0.1, 0.15) is 6.54 Å². The summed E-state index contributed by atoms with van der Waals surface area (Å²) in [6.07, 6.45) is 0.925. The fourth-order valence-electron chi connectivity index (χ4n) is 4.31. The molecule has 192 valence electrons. The van der Waals surface area contributed by atoms with Crippen LogP contribution >= 0.6 is 11.3 Å². The Kier molecular flexibility index (Phi) is 8.96. The van der Waals surface area contributed by atoms with E-state index in [4.69, 9.17) is 0 Å². The van der Waals surface area contributed by atoms with Gasteiger partial charge in [0, 0.05) is 28.2 Å². The van der Waals surface area contributed by atoms with Crippen LogP contribution in [0.3, 0.4) is 0 Å². The maximum absolute atomic E-state index is 13.7. The zero-order chi connectivity index (χ0) is 26.2. The summed E-state index contributed by atoms with van der Waals surface area (Å²) in [6.45, 7) is 7.84. The number of carbonyl (C=O) groups is 2. The number of hydrogen-bond donors (Lipinski definition) is 1. The summed E-state index contributed by atoms with van der Waals surface area (Å²) in [7, 11) is 0. The van der Waals surface area contributed by atoms with Gasteiger partial charge in [0.05, 0.1) is 12.2 Å². The van der Waals surface area contributed by atoms with Gasteiger partial charge in [-0.3, -0.25) is 4.79 Å². The quantitative estimate of drug-likeness (QED) is 0.242. The van der Waals surface area contributed by atoms with Gasteiger partial charge in [-0.15, -0.1) is 11.3 Å². The smallest absolute Gasteiger partial charge is 0.322 e. The van der Waals surface area contributed by atoms with E-state index in [-0.39, 0.29) is 24.4 Å². The van der Waals surface area contributed by atoms with E-state index in [0.717, 1.165) is 33.3 Å². The standard InChI is InChI=1S/C31H35N3O2S/c1-4-23(2)19-34(31(36)32-29-16-10-14-26-13-8-9-15-28(26)29)22-30(35)33(20-25-11-6-5-7-12-25)21-27-18-17-24(3)37-27/h5-18,23H,4,19-22H2,1-3H3,(H,32,36). The number of aryl methyl sites for hydroxylation is 1. The zero-order valence-electron chi connectivity index (χ0n) is 21.8. The Balaban J connectivity index is 1.55. The first-order chi connectivity index (χ1) is 17.9. The second kappa shape index (κ2) is 12.5. The molecule has 37 heavy (non-hydrogen) atoms. The number of hydrogen-bond acceptors (Lipinski definition) is 3. The molecule has 0 aliphatic carbocycles. The van der Waals surface area contributed by atoms with Crippen molar-refractivity contribution in [3.8, 4) is 0 Å². The van der Waals surface area contributed by atoms with Crippen molar-refractivity contribution in [2.75, 3.05) is 18.4 Å². The van der Waals surface area contributed by atoms with Crippen LogP contribution in [0, 0.1) is 12.8 Å². The average molecular weight is 514 g/mol. The minimum Gasteiger partial charge on any atom is -0.332 e. The zero-order valence-corrected chi connectivity index (χ0v) is 22.6. The van der Waals surface area contributed by atoms with Crippen LogP contribution in [-0.4, -0.2) is 34.8 Å². The van der Waals surface area contributed by atoms with Crippen molar-refractivity contribution >= 4 is 39.7 Å². The Bertz CT molecular complexity index is 1330. The lowest BCUT2D eigenvalue weighted by molar-refractivity contribution is -0.133. The third-order valence-electron chi connectivity index (χ3n) is 6.59. The first kappa shape index (κ1) is 26.4. The molecule has 3 aromatic carbocycles. The molecule has 0 radical (unpaired) electrons. The second-order valence-electron chi connectivity index (χ2n) is 9.60. The number of nitrogens with zero attached hydrogens (tertiary/aromatic N) is 2. The molecule has 3 amide bonds. The number of urea groups is 1. The van der Waals surface area contributed by atoms with Gasteiger partial charge >= 0.3 is 6.03 Å². The molecule has 1 unspecified atom stereocenters. The third-order valence-corrected chi connectivity index (χ3v) is 7.57. The maximum Gasteiger partial charge on any atom is 0.322 e. The van der Waals surface area contributed by atoms with Crippen LogP contribution in [-0.2, 0) is 17.9 Å². The van der Waals surface area contributed by atoms with Gasteiger partial charge in [-0.05, 0) is 42.0 Å². The number of amides is 3. The van der Waals surface area contributed by atoms with E-state index in [9.17, 15) is 9.59 Å². The molecule has 0 saturated heterocycles. The molecule has 1 aromatic heterocycles. The van der Waals surface area contributed by atoms with E-state index < -0.39 is 0 Å². The summed E-state index contributed by atoms with van der Waals surface area (Å²) in [5, 5.41) is 5.12. The summed E-state index contributed by atoms with van der Waals surface area (Å²) >= 11 is 1.70. The lowest BCUT2D eigenvalue weighted by Gasteiger charge is -2.29. The van der Waals surface area contributed by atoms with Crippen LogP contribution in [0.4, 0.5) is 10.5 Å². The van der Waals surface area contributed by atoms with E-state index in [0.29, 0.717) is 19.6 Å². The fraction of sp³-hybridized carbons (Fsp3) is 0.290. The first-order valence-electron chi connectivity index (χ1n) is 12.8. The summed E-state index contributed by atoms with van der Waals surface area (Å²) in [6, 6.07) is 27.8. The number of thiophene rings is 1. The molecule has 0 bridgehead atoms. The highest BCUT2D eigenvalue weighted by molar-refractivity contribution is 7.11. The molecule has 1 atom stereocenters. The van der Waals surface area contributed by atoms with E-state index in [1.54, 1.807) is 16.2 Å². The van der Waals surface area contributed by atoms with E-state index in [1.807, 2.05) is 77.7 Å². The summed E-state index contributed by atoms with van der Waals surface area (Å²) < 4.78 is 0. The molecule has 1 heterocycles. The monoisotopic (exact) mass is 513 g/mol. The number of fused-ring (bicyclic) bond motifs is 1. The van der Waals surface area contributed by atoms with Crippen LogP contribution in [0.2, 0.25) is 0 Å². The van der Waals surface area contributed by atoms with Gasteiger partial charge in [0.15, 0.2) is 0 Å². The number of benzene rings is 3. The molecule has 0 spiro atoms. The van der Waals surface area contributed by atoms with E-state index >= 15 is 0 Å². The van der Waals surface area contributed by atoms with Gasteiger partial charge in [0.25, 0.3) is 0 Å². The van der Waals surface area contributed by atoms with Crippen molar-refractivity contribution in [1.82, 2.24) is 9.80 Å². The predicted molar refractivity (Wildman–Crippen MR) is 154 cm³/mol. The first-order valence-corrected chi connectivity index (χ1v) is 13.6. The molecule has 5 nitrogen and oxygen atoms in total. The highest BCUT2D eigenvalue weighted by Gasteiger charge is 2.24. The average Bonchev–Trinajstić information content (AvgIpc) is 3.32. The molecular weight excluding hydrogens is 478 g/mol. The Morgan fingerprint density at radius 2 is 1.59 bits per heavy atom. The maximum atomic E-state index is 13.7. The minimum atomic E-state index is -0.253. The molecule has 1 N–H and O–H groups in total. The lowest BCUT2D eigenvalue weighted by Crippen LogP contribution is -2.45. The van der Waals surface area contributed by atoms with Crippen molar-refractivity contribution in [1.29, 1.82) is 0 Å². The number of nitrogens with one attached hydrogen (secondary N) is 1. The van der Waals surface area contributed by atoms with E-state index in [1.165, 1.54) is 4.88 Å². The fourth-order valence-corrected chi connectivity index (χ4v) is 5.22. The largest absolute Gasteiger partial charge is 0.332 e. The van der Waals surface area contributed by atoms with Crippen molar-refractivity contribution in [2.45, 2.75) is 40.3 Å². The Hall–Kier alpha value is -3.64. The van der Waals surface area contributed by atoms with Crippen LogP contribution in [0.1, 0.15) is 35.6 Å². The predicted octanol–water partition coefficient (Wildman–Crippen LogP) is 7.32. The van der Waals surface area contributed by atoms with Crippen molar-refractivity contribution in [2.24, 2.45) is 5.92 Å². The van der Waals surface area contributed by atoms with Gasteiger partial charge in [-0.1, -0.05) is 87.0 Å². The van der Waals surface area contributed by atoms with Gasteiger partial charge in [-0.2, -0.15) is 0 Å². The summed E-state index contributed by atoms with van der Waals surface area (Å²) in [5.74, 6) is 0.208. The SMILES string of the molecule is CCC(C)CN(CC(=O)N(Cc1ccccc1)Cc1ccc(C)s1)C(=O)Nc1cccc2ccccc12. The summed E-state index contributed by atoms with van der Waals surface area (Å²) in [5.41, 5.74) is 1.82. The Morgan fingerprint density at radius 3 is 2.32 bits per heavy atom. The third kappa shape index (κ3) is 7.20. The highest BCUT2D eigenvalue weighted by atomic mass is 32.1. The molecule has 0 aliphatic rings. The Labute approximate surface area is 223 Å². The van der Waals surface area contributed by atoms with Crippen LogP contribution in [0.5, 0.6) is 0 Å². The lowest BCUT2D eigenvalue weighted by atomic mass is 10.1. The molecule has 4 aromatic rings. The Morgan fingerprint density at radius 1 is 0.865 bits per heavy atom. The van der Waals surface area contributed by atoms with Gasteiger partial charge in [0.2, 0.25) is 5.91 Å². The summed E-state index contributed by atoms with van der Waals surface area (Å²) in [4.78, 5) is 33.1.